The highest BCUT2D eigenvalue weighted by atomic mass is 79.9. The average molecular weight is 355 g/mol. The van der Waals surface area contributed by atoms with Crippen molar-refractivity contribution < 1.29 is 13.6 Å². The molecule has 0 fully saturated rings. The van der Waals surface area contributed by atoms with E-state index in [1.165, 1.54) is 0 Å². The maximum absolute atomic E-state index is 13.4. The highest BCUT2D eigenvalue weighted by Gasteiger charge is 2.12. The topological polar surface area (TPSA) is 41.1 Å². The van der Waals surface area contributed by atoms with Crippen molar-refractivity contribution in [3.63, 3.8) is 0 Å². The summed E-state index contributed by atoms with van der Waals surface area (Å²) in [6, 6.07) is 9.45. The molecular formula is C15H13BrF2N2O. The SMILES string of the molecule is C[C@H](NC(=O)Nc1cc(F)ccc1F)c1cccc(Br)c1. The Morgan fingerprint density at radius 3 is 2.67 bits per heavy atom. The lowest BCUT2D eigenvalue weighted by atomic mass is 10.1. The Labute approximate surface area is 129 Å². The summed E-state index contributed by atoms with van der Waals surface area (Å²) in [5.41, 5.74) is 0.688. The minimum atomic E-state index is -0.693. The van der Waals surface area contributed by atoms with Crippen LogP contribution in [0.3, 0.4) is 0 Å². The average Bonchev–Trinajstić information content (AvgIpc) is 2.42. The molecule has 0 spiro atoms. The summed E-state index contributed by atoms with van der Waals surface area (Å²) in [5, 5.41) is 4.95. The second kappa shape index (κ2) is 6.67. The number of amides is 2. The first-order valence-corrected chi connectivity index (χ1v) is 7.03. The van der Waals surface area contributed by atoms with Crippen LogP contribution in [0.2, 0.25) is 0 Å². The van der Waals surface area contributed by atoms with E-state index >= 15 is 0 Å². The van der Waals surface area contributed by atoms with Crippen LogP contribution in [0.15, 0.2) is 46.9 Å². The zero-order chi connectivity index (χ0) is 15.4. The lowest BCUT2D eigenvalue weighted by Gasteiger charge is -2.15. The van der Waals surface area contributed by atoms with E-state index in [9.17, 15) is 13.6 Å². The van der Waals surface area contributed by atoms with Crippen molar-refractivity contribution in [2.24, 2.45) is 0 Å². The molecule has 0 heterocycles. The fraction of sp³-hybridized carbons (Fsp3) is 0.133. The van der Waals surface area contributed by atoms with Gasteiger partial charge < -0.3 is 10.6 Å². The lowest BCUT2D eigenvalue weighted by molar-refractivity contribution is 0.249. The van der Waals surface area contributed by atoms with E-state index in [2.05, 4.69) is 26.6 Å². The van der Waals surface area contributed by atoms with Crippen LogP contribution in [-0.2, 0) is 0 Å². The molecule has 3 nitrogen and oxygen atoms in total. The Bertz CT molecular complexity index is 664. The summed E-state index contributed by atoms with van der Waals surface area (Å²) in [6.45, 7) is 1.79. The minimum Gasteiger partial charge on any atom is -0.331 e. The van der Waals surface area contributed by atoms with Gasteiger partial charge in [0, 0.05) is 10.5 Å². The summed E-state index contributed by atoms with van der Waals surface area (Å²) < 4.78 is 27.3. The highest BCUT2D eigenvalue weighted by Crippen LogP contribution is 2.19. The van der Waals surface area contributed by atoms with E-state index in [-0.39, 0.29) is 11.7 Å². The molecule has 2 amide bonds. The normalized spacial score (nSPS) is 11.8. The van der Waals surface area contributed by atoms with Gasteiger partial charge in [-0.15, -0.1) is 0 Å². The molecule has 0 saturated carbocycles. The first-order chi connectivity index (χ1) is 9.95. The number of hydrogen-bond donors (Lipinski definition) is 2. The van der Waals surface area contributed by atoms with E-state index in [0.29, 0.717) is 0 Å². The van der Waals surface area contributed by atoms with Crippen LogP contribution in [0, 0.1) is 11.6 Å². The van der Waals surface area contributed by atoms with Crippen LogP contribution in [0.5, 0.6) is 0 Å². The number of hydrogen-bond acceptors (Lipinski definition) is 1. The highest BCUT2D eigenvalue weighted by molar-refractivity contribution is 9.10. The number of benzene rings is 2. The predicted octanol–water partition coefficient (Wildman–Crippen LogP) is 4.61. The monoisotopic (exact) mass is 354 g/mol. The van der Waals surface area contributed by atoms with Gasteiger partial charge in [0.2, 0.25) is 0 Å². The van der Waals surface area contributed by atoms with E-state index in [1.807, 2.05) is 24.3 Å². The largest absolute Gasteiger partial charge is 0.331 e. The van der Waals surface area contributed by atoms with Gasteiger partial charge in [-0.25, -0.2) is 13.6 Å². The van der Waals surface area contributed by atoms with Gasteiger partial charge in [-0.2, -0.15) is 0 Å². The Balaban J connectivity index is 2.03. The van der Waals surface area contributed by atoms with Crippen LogP contribution in [0.1, 0.15) is 18.5 Å². The van der Waals surface area contributed by atoms with Crippen LogP contribution in [-0.4, -0.2) is 6.03 Å². The van der Waals surface area contributed by atoms with Crippen molar-refractivity contribution in [2.45, 2.75) is 13.0 Å². The van der Waals surface area contributed by atoms with Crippen molar-refractivity contribution in [3.05, 3.63) is 64.1 Å². The summed E-state index contributed by atoms with van der Waals surface area (Å²) in [4.78, 5) is 11.8. The molecule has 2 rings (SSSR count). The van der Waals surface area contributed by atoms with Crippen molar-refractivity contribution in [1.82, 2.24) is 5.32 Å². The summed E-state index contributed by atoms with van der Waals surface area (Å²) in [6.07, 6.45) is 0. The number of urea groups is 1. The molecule has 0 saturated heterocycles. The maximum Gasteiger partial charge on any atom is 0.319 e. The molecule has 0 aromatic heterocycles. The Morgan fingerprint density at radius 2 is 1.95 bits per heavy atom. The van der Waals surface area contributed by atoms with Gasteiger partial charge in [0.05, 0.1) is 11.7 Å². The van der Waals surface area contributed by atoms with Gasteiger partial charge in [0.15, 0.2) is 0 Å². The smallest absolute Gasteiger partial charge is 0.319 e. The van der Waals surface area contributed by atoms with Crippen LogP contribution >= 0.6 is 15.9 Å². The second-order valence-electron chi connectivity index (χ2n) is 4.50. The van der Waals surface area contributed by atoms with Crippen LogP contribution in [0.4, 0.5) is 19.3 Å². The first-order valence-electron chi connectivity index (χ1n) is 6.24. The lowest BCUT2D eigenvalue weighted by Crippen LogP contribution is -2.31. The van der Waals surface area contributed by atoms with E-state index in [0.717, 1.165) is 28.2 Å². The maximum atomic E-state index is 13.4. The quantitative estimate of drug-likeness (QED) is 0.830. The molecule has 0 aliphatic rings. The molecule has 1 atom stereocenters. The molecule has 21 heavy (non-hydrogen) atoms. The zero-order valence-corrected chi connectivity index (χ0v) is 12.7. The molecule has 6 heteroatoms. The molecule has 110 valence electrons. The van der Waals surface area contributed by atoms with Crippen molar-refractivity contribution >= 4 is 27.6 Å². The van der Waals surface area contributed by atoms with Gasteiger partial charge in [-0.3, -0.25) is 0 Å². The van der Waals surface area contributed by atoms with E-state index in [1.54, 1.807) is 6.92 Å². The summed E-state index contributed by atoms with van der Waals surface area (Å²) in [7, 11) is 0. The number of carbonyl (C=O) groups is 1. The molecule has 2 aromatic rings. The van der Waals surface area contributed by atoms with E-state index in [4.69, 9.17) is 0 Å². The van der Waals surface area contributed by atoms with Gasteiger partial charge in [-0.1, -0.05) is 28.1 Å². The minimum absolute atomic E-state index is 0.200. The van der Waals surface area contributed by atoms with Crippen molar-refractivity contribution in [2.75, 3.05) is 5.32 Å². The molecule has 0 radical (unpaired) electrons. The molecule has 2 aromatic carbocycles. The third-order valence-electron chi connectivity index (χ3n) is 2.87. The van der Waals surface area contributed by atoms with Gasteiger partial charge in [-0.05, 0) is 36.8 Å². The third-order valence-corrected chi connectivity index (χ3v) is 3.37. The fourth-order valence-corrected chi connectivity index (χ4v) is 2.22. The number of nitrogens with one attached hydrogen (secondary N) is 2. The number of rotatable bonds is 3. The standard InChI is InChI=1S/C15H13BrF2N2O/c1-9(10-3-2-4-11(16)7-10)19-15(21)20-14-8-12(17)5-6-13(14)18/h2-9H,1H3,(H2,19,20,21)/t9-/m0/s1. The number of carbonyl (C=O) groups excluding carboxylic acids is 1. The van der Waals surface area contributed by atoms with Crippen LogP contribution < -0.4 is 10.6 Å². The third kappa shape index (κ3) is 4.26. The Hall–Kier alpha value is -1.95. The van der Waals surface area contributed by atoms with Gasteiger partial charge >= 0.3 is 6.03 Å². The number of halogens is 3. The molecule has 0 unspecified atom stereocenters. The second-order valence-corrected chi connectivity index (χ2v) is 5.41. The zero-order valence-electron chi connectivity index (χ0n) is 11.2. The van der Waals surface area contributed by atoms with Crippen molar-refractivity contribution in [1.29, 1.82) is 0 Å². The van der Waals surface area contributed by atoms with Gasteiger partial charge in [0.1, 0.15) is 11.6 Å². The van der Waals surface area contributed by atoms with Gasteiger partial charge in [0.25, 0.3) is 0 Å². The number of anilines is 1. The first kappa shape index (κ1) is 15.4. The fourth-order valence-electron chi connectivity index (χ4n) is 1.81. The summed E-state index contributed by atoms with van der Waals surface area (Å²) >= 11 is 3.35. The summed E-state index contributed by atoms with van der Waals surface area (Å²) in [5.74, 6) is -1.31. The molecule has 0 bridgehead atoms. The molecule has 0 aliphatic carbocycles. The molecule has 2 N–H and O–H groups in total. The van der Waals surface area contributed by atoms with E-state index < -0.39 is 17.7 Å². The predicted molar refractivity (Wildman–Crippen MR) is 81.1 cm³/mol. The Kier molecular flexibility index (Phi) is 4.90. The Morgan fingerprint density at radius 1 is 1.19 bits per heavy atom. The van der Waals surface area contributed by atoms with Crippen molar-refractivity contribution in [3.8, 4) is 0 Å². The van der Waals surface area contributed by atoms with Crippen LogP contribution in [0.25, 0.3) is 0 Å². The molecular weight excluding hydrogens is 342 g/mol. The molecule has 0 aliphatic heterocycles.